The summed E-state index contributed by atoms with van der Waals surface area (Å²) in [6.07, 6.45) is 5.07. The number of fused-ring (bicyclic) bond motifs is 1. The first kappa shape index (κ1) is 32.1. The maximum absolute atomic E-state index is 13.4. The van der Waals surface area contributed by atoms with Crippen LogP contribution in [0, 0.1) is 0 Å². The molecule has 0 saturated carbocycles. The number of hydrogen-bond donors (Lipinski definition) is 1. The fraction of sp³-hybridized carbons (Fsp3) is 0.500. The molecule has 1 aliphatic rings. The molecule has 4 rings (SSSR count). The average Bonchev–Trinajstić information content (AvgIpc) is 3.26. The van der Waals surface area contributed by atoms with E-state index in [0.717, 1.165) is 12.8 Å². The van der Waals surface area contributed by atoms with E-state index < -0.39 is 29.3 Å². The second-order valence-corrected chi connectivity index (χ2v) is 13.6. The van der Waals surface area contributed by atoms with Gasteiger partial charge >= 0.3 is 12.2 Å². The number of amides is 2. The standard InChI is InChI=1S/C30H39BrN6O6/c1-29(2,3)42-27(40)35(8)19-10-9-13-36(16-19)24-20(31)14-32-25-23(24)21(17-37(25)28(41)43-30(4,5)6)33-26(39)18-11-12-22(38)34(7)15-18/h11-12,14-15,17,19H,9-10,13,16H2,1-8H3,(H,33,39). The lowest BCUT2D eigenvalue weighted by Gasteiger charge is -2.39. The molecule has 3 aromatic heterocycles. The van der Waals surface area contributed by atoms with Crippen LogP contribution in [0.1, 0.15) is 64.7 Å². The van der Waals surface area contributed by atoms with Crippen molar-refractivity contribution in [3.63, 3.8) is 0 Å². The van der Waals surface area contributed by atoms with Crippen LogP contribution in [0.3, 0.4) is 0 Å². The highest BCUT2D eigenvalue weighted by Gasteiger charge is 2.32. The SMILES string of the molecule is CN(C(=O)OC(C)(C)C)C1CCCN(c2c(Br)cnc3c2c(NC(=O)c2ccc(=O)n(C)c2)cn3C(=O)OC(C)(C)C)C1. The number of piperidine rings is 1. The summed E-state index contributed by atoms with van der Waals surface area (Å²) in [7, 11) is 3.30. The third kappa shape index (κ3) is 7.38. The molecule has 13 heteroatoms. The Bertz CT molecular complexity index is 1620. The van der Waals surface area contributed by atoms with Crippen molar-refractivity contribution in [1.82, 2.24) is 19.0 Å². The number of nitrogens with zero attached hydrogens (tertiary/aromatic N) is 5. The highest BCUT2D eigenvalue weighted by molar-refractivity contribution is 9.10. The summed E-state index contributed by atoms with van der Waals surface area (Å²) in [5.74, 6) is -0.467. The summed E-state index contributed by atoms with van der Waals surface area (Å²) >= 11 is 3.65. The zero-order chi connectivity index (χ0) is 31.9. The lowest BCUT2D eigenvalue weighted by Crippen LogP contribution is -2.50. The van der Waals surface area contributed by atoms with E-state index in [9.17, 15) is 19.2 Å². The van der Waals surface area contributed by atoms with E-state index in [1.165, 1.54) is 33.7 Å². The Morgan fingerprint density at radius 1 is 1.07 bits per heavy atom. The summed E-state index contributed by atoms with van der Waals surface area (Å²) in [6.45, 7) is 11.9. The molecule has 0 bridgehead atoms. The van der Waals surface area contributed by atoms with E-state index >= 15 is 0 Å². The normalized spacial score (nSPS) is 15.7. The van der Waals surface area contributed by atoms with Crippen molar-refractivity contribution in [3.8, 4) is 0 Å². The predicted octanol–water partition coefficient (Wildman–Crippen LogP) is 5.37. The van der Waals surface area contributed by atoms with Gasteiger partial charge in [-0.2, -0.15) is 0 Å². The van der Waals surface area contributed by atoms with Crippen molar-refractivity contribution in [2.75, 3.05) is 30.4 Å². The van der Waals surface area contributed by atoms with Crippen LogP contribution in [0.5, 0.6) is 0 Å². The fourth-order valence-electron chi connectivity index (χ4n) is 4.89. The van der Waals surface area contributed by atoms with Crippen LogP contribution in [0.2, 0.25) is 0 Å². The molecule has 1 N–H and O–H groups in total. The molecule has 1 saturated heterocycles. The van der Waals surface area contributed by atoms with Crippen LogP contribution in [-0.2, 0) is 16.5 Å². The summed E-state index contributed by atoms with van der Waals surface area (Å²) in [4.78, 5) is 59.7. The first-order valence-corrected chi connectivity index (χ1v) is 14.9. The molecule has 43 heavy (non-hydrogen) atoms. The molecule has 12 nitrogen and oxygen atoms in total. The number of ether oxygens (including phenoxy) is 2. The molecule has 1 aliphatic heterocycles. The third-order valence-corrected chi connectivity index (χ3v) is 7.45. The van der Waals surface area contributed by atoms with Crippen molar-refractivity contribution in [2.24, 2.45) is 7.05 Å². The molecule has 1 fully saturated rings. The highest BCUT2D eigenvalue weighted by atomic mass is 79.9. The zero-order valence-electron chi connectivity index (χ0n) is 25.9. The Morgan fingerprint density at radius 3 is 2.37 bits per heavy atom. The molecule has 4 heterocycles. The summed E-state index contributed by atoms with van der Waals surface area (Å²) < 4.78 is 14.5. The number of hydrogen-bond acceptors (Lipinski definition) is 8. The topological polar surface area (TPSA) is 128 Å². The minimum atomic E-state index is -0.767. The second kappa shape index (κ2) is 12.0. The molecular formula is C30H39BrN6O6. The molecule has 0 aromatic carbocycles. The second-order valence-electron chi connectivity index (χ2n) is 12.7. The van der Waals surface area contributed by atoms with Crippen LogP contribution in [0.4, 0.5) is 21.0 Å². The third-order valence-electron chi connectivity index (χ3n) is 6.87. The van der Waals surface area contributed by atoms with Gasteiger partial charge in [-0.1, -0.05) is 0 Å². The Labute approximate surface area is 259 Å². The molecule has 1 atom stereocenters. The number of pyridine rings is 2. The molecule has 232 valence electrons. The summed E-state index contributed by atoms with van der Waals surface area (Å²) in [6, 6.07) is 2.62. The maximum atomic E-state index is 13.4. The van der Waals surface area contributed by atoms with E-state index in [1.807, 2.05) is 20.8 Å². The number of rotatable bonds is 4. The maximum Gasteiger partial charge on any atom is 0.420 e. The largest absolute Gasteiger partial charge is 0.444 e. The predicted molar refractivity (Wildman–Crippen MR) is 168 cm³/mol. The van der Waals surface area contributed by atoms with Gasteiger partial charge in [-0.05, 0) is 76.4 Å². The van der Waals surface area contributed by atoms with E-state index in [0.29, 0.717) is 40.0 Å². The zero-order valence-corrected chi connectivity index (χ0v) is 27.4. The van der Waals surface area contributed by atoms with Crippen molar-refractivity contribution in [1.29, 1.82) is 0 Å². The number of carbonyl (C=O) groups is 3. The lowest BCUT2D eigenvalue weighted by atomic mass is 10.0. The number of aromatic nitrogens is 3. The monoisotopic (exact) mass is 658 g/mol. The minimum Gasteiger partial charge on any atom is -0.444 e. The first-order valence-electron chi connectivity index (χ1n) is 14.1. The molecule has 0 radical (unpaired) electrons. The smallest absolute Gasteiger partial charge is 0.420 e. The Balaban J connectivity index is 1.79. The number of halogens is 1. The Kier molecular flexibility index (Phi) is 8.96. The van der Waals surface area contributed by atoms with Gasteiger partial charge in [0.2, 0.25) is 5.56 Å². The van der Waals surface area contributed by atoms with Gasteiger partial charge in [0.05, 0.1) is 32.8 Å². The van der Waals surface area contributed by atoms with Crippen LogP contribution in [0.25, 0.3) is 11.0 Å². The Morgan fingerprint density at radius 2 is 1.74 bits per heavy atom. The number of carbonyl (C=O) groups excluding carboxylic acids is 3. The highest BCUT2D eigenvalue weighted by Crippen LogP contribution is 2.41. The fourth-order valence-corrected chi connectivity index (χ4v) is 5.44. The quantitative estimate of drug-likeness (QED) is 0.396. The summed E-state index contributed by atoms with van der Waals surface area (Å²) in [5, 5.41) is 3.44. The van der Waals surface area contributed by atoms with Crippen LogP contribution in [-0.4, -0.2) is 74.5 Å². The van der Waals surface area contributed by atoms with Crippen molar-refractivity contribution in [3.05, 3.63) is 51.1 Å². The molecule has 1 unspecified atom stereocenters. The lowest BCUT2D eigenvalue weighted by molar-refractivity contribution is 0.0209. The van der Waals surface area contributed by atoms with E-state index in [4.69, 9.17) is 9.47 Å². The van der Waals surface area contributed by atoms with Gasteiger partial charge in [-0.25, -0.2) is 19.1 Å². The number of anilines is 2. The number of likely N-dealkylation sites (N-methyl/N-ethyl adjacent to an activating group) is 1. The van der Waals surface area contributed by atoms with Crippen LogP contribution in [0.15, 0.2) is 40.0 Å². The van der Waals surface area contributed by atoms with Crippen molar-refractivity contribution in [2.45, 2.75) is 71.6 Å². The molecule has 0 spiro atoms. The number of aryl methyl sites for hydroxylation is 1. The van der Waals surface area contributed by atoms with E-state index in [1.54, 1.807) is 46.0 Å². The molecular weight excluding hydrogens is 620 g/mol. The molecule has 2 amide bonds. The average molecular weight is 660 g/mol. The van der Waals surface area contributed by atoms with Gasteiger partial charge in [0.15, 0.2) is 5.65 Å². The molecule has 0 aliphatic carbocycles. The van der Waals surface area contributed by atoms with E-state index in [2.05, 4.69) is 31.1 Å². The van der Waals surface area contributed by atoms with Gasteiger partial charge in [0.1, 0.15) is 11.2 Å². The van der Waals surface area contributed by atoms with Gasteiger partial charge < -0.3 is 29.2 Å². The Hall–Kier alpha value is -3.87. The molecule has 3 aromatic rings. The van der Waals surface area contributed by atoms with E-state index in [-0.39, 0.29) is 17.2 Å². The van der Waals surface area contributed by atoms with Gasteiger partial charge in [-0.3, -0.25) is 9.59 Å². The minimum absolute atomic E-state index is 0.143. The van der Waals surface area contributed by atoms with Crippen LogP contribution >= 0.6 is 15.9 Å². The van der Waals surface area contributed by atoms with Crippen molar-refractivity contribution >= 4 is 56.4 Å². The van der Waals surface area contributed by atoms with Gasteiger partial charge in [0.25, 0.3) is 5.91 Å². The van der Waals surface area contributed by atoms with Gasteiger partial charge in [0, 0.05) is 51.8 Å². The van der Waals surface area contributed by atoms with Crippen molar-refractivity contribution < 1.29 is 23.9 Å². The number of nitrogens with one attached hydrogen (secondary N) is 1. The summed E-state index contributed by atoms with van der Waals surface area (Å²) in [5.41, 5.74) is -0.0206. The first-order chi connectivity index (χ1) is 19.9. The van der Waals surface area contributed by atoms with Gasteiger partial charge in [-0.15, -0.1) is 0 Å². The van der Waals surface area contributed by atoms with Crippen LogP contribution < -0.4 is 15.8 Å².